The molecular weight excluding hydrogens is 448 g/mol. The number of piperidine rings is 1. The van der Waals surface area contributed by atoms with Crippen LogP contribution in [0.3, 0.4) is 0 Å². The van der Waals surface area contributed by atoms with Crippen LogP contribution in [0.4, 0.5) is 11.4 Å². The molecule has 1 aromatic heterocycles. The first-order chi connectivity index (χ1) is 16.8. The van der Waals surface area contributed by atoms with Crippen LogP contribution in [0.1, 0.15) is 32.7 Å². The Hall–Kier alpha value is -3.95. The second-order valence-corrected chi connectivity index (χ2v) is 9.32. The molecule has 0 unspecified atom stereocenters. The summed E-state index contributed by atoms with van der Waals surface area (Å²) in [4.78, 5) is 45.5. The summed E-state index contributed by atoms with van der Waals surface area (Å²) >= 11 is 0. The monoisotopic (exact) mass is 472 g/mol. The first kappa shape index (κ1) is 21.6. The number of hydrogen-bond donors (Lipinski definition) is 3. The molecule has 9 nitrogen and oxygen atoms in total. The van der Waals surface area contributed by atoms with Crippen molar-refractivity contribution in [2.45, 2.75) is 25.6 Å². The molecule has 6 rings (SSSR count). The molecule has 9 heteroatoms. The maximum absolute atomic E-state index is 13.7. The van der Waals surface area contributed by atoms with Crippen LogP contribution >= 0.6 is 0 Å². The highest BCUT2D eigenvalue weighted by Gasteiger charge is 2.36. The Morgan fingerprint density at radius 1 is 0.943 bits per heavy atom. The molecule has 178 valence electrons. The first-order valence-corrected chi connectivity index (χ1v) is 11.5. The van der Waals surface area contributed by atoms with Crippen LogP contribution in [-0.4, -0.2) is 56.9 Å². The normalized spacial score (nSPS) is 20.3. The van der Waals surface area contributed by atoms with Gasteiger partial charge in [0.25, 0.3) is 11.8 Å². The standard InChI is InChI=1S/C26H24N4O5/c1-13-10-17-20(28(2)26(35)27-17)11-19(13)30-24(33)15-5-3-4-14-18(7-6-16(23(14)15)25(30)34)29-9-8-21(31)22(32)12-29/h3-7,10-11,21-22,31-32H,8-9,12H2,1-2H3,(H,27,35)/t21-,22-/m0/s1. The summed E-state index contributed by atoms with van der Waals surface area (Å²) in [5, 5.41) is 21.4. The number of hydrogen-bond acceptors (Lipinski definition) is 6. The van der Waals surface area contributed by atoms with E-state index in [1.54, 1.807) is 44.3 Å². The van der Waals surface area contributed by atoms with Crippen molar-refractivity contribution in [3.05, 3.63) is 69.6 Å². The summed E-state index contributed by atoms with van der Waals surface area (Å²) in [6, 6.07) is 12.4. The van der Waals surface area contributed by atoms with Gasteiger partial charge in [0.1, 0.15) is 0 Å². The topological polar surface area (TPSA) is 119 Å². The fourth-order valence-corrected chi connectivity index (χ4v) is 5.33. The molecule has 0 radical (unpaired) electrons. The number of carbonyl (C=O) groups is 2. The van der Waals surface area contributed by atoms with Gasteiger partial charge in [0.2, 0.25) is 0 Å². The third-order valence-electron chi connectivity index (χ3n) is 7.23. The number of β-amino-alcohol motifs (C(OH)–C–C–N with tert-alkyl or cyclic N) is 1. The van der Waals surface area contributed by atoms with Gasteiger partial charge in [0.15, 0.2) is 0 Å². The third kappa shape index (κ3) is 3.05. The number of anilines is 2. The summed E-state index contributed by atoms with van der Waals surface area (Å²) < 4.78 is 1.45. The van der Waals surface area contributed by atoms with E-state index in [-0.39, 0.29) is 12.2 Å². The highest BCUT2D eigenvalue weighted by molar-refractivity contribution is 6.36. The molecule has 1 fully saturated rings. The Bertz CT molecular complexity index is 1600. The van der Waals surface area contributed by atoms with E-state index in [1.807, 2.05) is 17.0 Å². The van der Waals surface area contributed by atoms with Crippen LogP contribution in [0.15, 0.2) is 47.3 Å². The zero-order valence-electron chi connectivity index (χ0n) is 19.3. The van der Waals surface area contributed by atoms with Gasteiger partial charge in [0, 0.05) is 47.7 Å². The van der Waals surface area contributed by atoms with Gasteiger partial charge in [0.05, 0.1) is 28.9 Å². The number of amides is 2. The Labute approximate surface area is 199 Å². The van der Waals surface area contributed by atoms with Gasteiger partial charge >= 0.3 is 5.69 Å². The summed E-state index contributed by atoms with van der Waals surface area (Å²) in [5.41, 5.74) is 3.73. The van der Waals surface area contributed by atoms with Gasteiger partial charge in [-0.2, -0.15) is 0 Å². The minimum absolute atomic E-state index is 0.266. The Morgan fingerprint density at radius 3 is 2.43 bits per heavy atom. The lowest BCUT2D eigenvalue weighted by atomic mass is 9.91. The molecule has 2 amide bonds. The van der Waals surface area contributed by atoms with Gasteiger partial charge in [-0.3, -0.25) is 14.2 Å². The summed E-state index contributed by atoms with van der Waals surface area (Å²) in [7, 11) is 1.63. The lowest BCUT2D eigenvalue weighted by Crippen LogP contribution is -2.47. The number of aliphatic hydroxyl groups is 2. The number of aromatic amines is 1. The second-order valence-electron chi connectivity index (χ2n) is 9.32. The van der Waals surface area contributed by atoms with E-state index in [4.69, 9.17) is 0 Å². The van der Waals surface area contributed by atoms with Crippen molar-refractivity contribution in [1.82, 2.24) is 9.55 Å². The molecule has 3 N–H and O–H groups in total. The quantitative estimate of drug-likeness (QED) is 0.385. The van der Waals surface area contributed by atoms with Crippen molar-refractivity contribution >= 4 is 45.0 Å². The molecule has 2 aliphatic rings. The van der Waals surface area contributed by atoms with Crippen molar-refractivity contribution in [1.29, 1.82) is 0 Å². The maximum Gasteiger partial charge on any atom is 0.326 e. The van der Waals surface area contributed by atoms with E-state index >= 15 is 0 Å². The number of fused-ring (bicyclic) bond motifs is 1. The average Bonchev–Trinajstić information content (AvgIpc) is 3.11. The Balaban J connectivity index is 1.50. The van der Waals surface area contributed by atoms with Crippen LogP contribution in [0.5, 0.6) is 0 Å². The average molecular weight is 473 g/mol. The smallest absolute Gasteiger partial charge is 0.326 e. The predicted molar refractivity (Wildman–Crippen MR) is 132 cm³/mol. The number of nitrogens with one attached hydrogen (secondary N) is 1. The molecule has 2 aliphatic heterocycles. The van der Waals surface area contributed by atoms with Gasteiger partial charge in [-0.25, -0.2) is 9.69 Å². The molecule has 4 aromatic rings. The van der Waals surface area contributed by atoms with Crippen molar-refractivity contribution < 1.29 is 19.8 Å². The first-order valence-electron chi connectivity index (χ1n) is 11.5. The van der Waals surface area contributed by atoms with Crippen LogP contribution in [-0.2, 0) is 7.05 Å². The van der Waals surface area contributed by atoms with Crippen LogP contribution in [0, 0.1) is 6.92 Å². The number of rotatable bonds is 2. The number of aliphatic hydroxyl groups excluding tert-OH is 2. The van der Waals surface area contributed by atoms with Crippen molar-refractivity contribution in [3.63, 3.8) is 0 Å². The number of nitrogens with zero attached hydrogens (tertiary/aromatic N) is 3. The summed E-state index contributed by atoms with van der Waals surface area (Å²) in [6.45, 7) is 2.62. The number of imide groups is 1. The van der Waals surface area contributed by atoms with E-state index in [9.17, 15) is 24.6 Å². The number of carbonyl (C=O) groups excluding carboxylic acids is 2. The van der Waals surface area contributed by atoms with E-state index in [0.29, 0.717) is 51.8 Å². The molecule has 0 saturated carbocycles. The molecule has 0 spiro atoms. The highest BCUT2D eigenvalue weighted by atomic mass is 16.3. The predicted octanol–water partition coefficient (Wildman–Crippen LogP) is 2.06. The van der Waals surface area contributed by atoms with E-state index < -0.39 is 24.0 Å². The van der Waals surface area contributed by atoms with Gasteiger partial charge < -0.3 is 20.1 Å². The lowest BCUT2D eigenvalue weighted by Gasteiger charge is -2.36. The number of benzene rings is 3. The molecule has 35 heavy (non-hydrogen) atoms. The molecule has 2 atom stereocenters. The Morgan fingerprint density at radius 2 is 1.69 bits per heavy atom. The van der Waals surface area contributed by atoms with Crippen LogP contribution in [0.25, 0.3) is 21.8 Å². The fourth-order valence-electron chi connectivity index (χ4n) is 5.33. The van der Waals surface area contributed by atoms with E-state index in [2.05, 4.69) is 4.98 Å². The van der Waals surface area contributed by atoms with E-state index in [1.165, 1.54) is 9.47 Å². The number of aromatic nitrogens is 2. The molecule has 3 aromatic carbocycles. The molecular formula is C26H24N4O5. The SMILES string of the molecule is Cc1cc2[nH]c(=O)n(C)c2cc1N1C(=O)c2cccc3c(N4CC[C@H](O)[C@@H](O)C4)ccc(c23)C1=O. The summed E-state index contributed by atoms with van der Waals surface area (Å²) in [6.07, 6.45) is -1.20. The van der Waals surface area contributed by atoms with Crippen molar-refractivity contribution in [2.24, 2.45) is 7.05 Å². The number of imidazole rings is 1. The molecule has 1 saturated heterocycles. The molecule has 0 bridgehead atoms. The van der Waals surface area contributed by atoms with Crippen LogP contribution in [0.2, 0.25) is 0 Å². The maximum atomic E-state index is 13.7. The fraction of sp³-hybridized carbons (Fsp3) is 0.269. The zero-order valence-corrected chi connectivity index (χ0v) is 19.3. The Kier molecular flexibility index (Phi) is 4.64. The second kappa shape index (κ2) is 7.53. The number of H-pyrrole nitrogens is 1. The highest BCUT2D eigenvalue weighted by Crippen LogP contribution is 2.39. The van der Waals surface area contributed by atoms with Gasteiger partial charge in [-0.1, -0.05) is 12.1 Å². The lowest BCUT2D eigenvalue weighted by molar-refractivity contribution is 0.00807. The van der Waals surface area contributed by atoms with Crippen LogP contribution < -0.4 is 15.5 Å². The largest absolute Gasteiger partial charge is 0.390 e. The number of aryl methyl sites for hydroxylation is 2. The van der Waals surface area contributed by atoms with E-state index in [0.717, 1.165) is 11.1 Å². The summed E-state index contributed by atoms with van der Waals surface area (Å²) in [5.74, 6) is -0.857. The minimum Gasteiger partial charge on any atom is -0.390 e. The van der Waals surface area contributed by atoms with Gasteiger partial charge in [-0.15, -0.1) is 0 Å². The molecule has 3 heterocycles. The third-order valence-corrected chi connectivity index (χ3v) is 7.23. The van der Waals surface area contributed by atoms with Gasteiger partial charge in [-0.05, 0) is 49.2 Å². The molecule has 0 aliphatic carbocycles. The van der Waals surface area contributed by atoms with Crippen molar-refractivity contribution in [2.75, 3.05) is 22.9 Å². The van der Waals surface area contributed by atoms with Crippen molar-refractivity contribution in [3.8, 4) is 0 Å². The zero-order chi connectivity index (χ0) is 24.6. The minimum atomic E-state index is -0.865.